The Hall–Kier alpha value is -2.60. The maximum absolute atomic E-state index is 10.1. The molecule has 0 unspecified atom stereocenters. The number of fused-ring (bicyclic) bond motifs is 1. The summed E-state index contributed by atoms with van der Waals surface area (Å²) in [4.78, 5) is 0. The van der Waals surface area contributed by atoms with Crippen LogP contribution in [0, 0.1) is 0 Å². The maximum Gasteiger partial charge on any atom is 0.186 e. The van der Waals surface area contributed by atoms with Gasteiger partial charge in [-0.05, 0) is 49.6 Å². The first kappa shape index (κ1) is 25.5. The number of aliphatic hydroxyl groups is 4. The Bertz CT molecular complexity index is 998. The highest BCUT2D eigenvalue weighted by Gasteiger charge is 2.42. The van der Waals surface area contributed by atoms with E-state index in [9.17, 15) is 25.5 Å². The van der Waals surface area contributed by atoms with E-state index in [1.54, 1.807) is 25.1 Å². The highest BCUT2D eigenvalue weighted by Crippen LogP contribution is 2.41. The molecule has 0 radical (unpaired) electrons. The van der Waals surface area contributed by atoms with Crippen molar-refractivity contribution in [2.45, 2.75) is 62.7 Å². The fourth-order valence-electron chi connectivity index (χ4n) is 4.25. The molecule has 10 heteroatoms. The molecule has 10 nitrogen and oxygen atoms in total. The molecule has 1 saturated heterocycles. The van der Waals surface area contributed by atoms with E-state index in [1.807, 2.05) is 12.1 Å². The summed E-state index contributed by atoms with van der Waals surface area (Å²) in [5, 5.41) is 49.4. The van der Waals surface area contributed by atoms with Crippen molar-refractivity contribution >= 4 is 0 Å². The van der Waals surface area contributed by atoms with Gasteiger partial charge in [0, 0.05) is 5.56 Å². The van der Waals surface area contributed by atoms with Crippen LogP contribution in [0.5, 0.6) is 23.0 Å². The van der Waals surface area contributed by atoms with Crippen molar-refractivity contribution in [1.29, 1.82) is 0 Å². The largest absolute Gasteiger partial charge is 0.504 e. The van der Waals surface area contributed by atoms with Gasteiger partial charge in [0.1, 0.15) is 18.3 Å². The van der Waals surface area contributed by atoms with Gasteiger partial charge in [-0.15, -0.1) is 0 Å². The van der Waals surface area contributed by atoms with Gasteiger partial charge < -0.3 is 49.2 Å². The van der Waals surface area contributed by atoms with E-state index >= 15 is 0 Å². The van der Waals surface area contributed by atoms with Crippen LogP contribution >= 0.6 is 0 Å². The lowest BCUT2D eigenvalue weighted by Gasteiger charge is -2.38. The molecule has 7 atom stereocenters. The molecule has 0 aliphatic carbocycles. The number of benzene rings is 2. The zero-order chi connectivity index (χ0) is 25.1. The minimum absolute atomic E-state index is 0.00437. The number of aryl methyl sites for hydroxylation is 1. The van der Waals surface area contributed by atoms with E-state index < -0.39 is 42.9 Å². The predicted molar refractivity (Wildman–Crippen MR) is 123 cm³/mol. The zero-order valence-corrected chi connectivity index (χ0v) is 19.6. The van der Waals surface area contributed by atoms with Crippen molar-refractivity contribution in [2.75, 3.05) is 20.3 Å². The number of phenols is 1. The summed E-state index contributed by atoms with van der Waals surface area (Å²) >= 11 is 0. The third-order valence-corrected chi connectivity index (χ3v) is 6.29. The van der Waals surface area contributed by atoms with Gasteiger partial charge in [0.2, 0.25) is 0 Å². The average Bonchev–Trinajstić information content (AvgIpc) is 2.87. The molecule has 0 aromatic heterocycles. The first-order valence-corrected chi connectivity index (χ1v) is 11.6. The Labute approximate surface area is 203 Å². The molecule has 2 aromatic rings. The van der Waals surface area contributed by atoms with Crippen molar-refractivity contribution in [1.82, 2.24) is 0 Å². The van der Waals surface area contributed by atoms with Crippen molar-refractivity contribution in [3.05, 3.63) is 47.5 Å². The molecule has 2 aliphatic rings. The average molecular weight is 493 g/mol. The van der Waals surface area contributed by atoms with Crippen molar-refractivity contribution in [2.24, 2.45) is 0 Å². The SMILES string of the molecule is COc1cc([C@@H]2Oc3cc(CCCO[C@@H]4O[C@@H](C)[C@H](O)[C@@H](O)[C@H]4O)ccc3O[C@H]2CO)ccc1O. The van der Waals surface area contributed by atoms with Gasteiger partial charge in [-0.1, -0.05) is 12.1 Å². The molecule has 0 saturated carbocycles. The maximum atomic E-state index is 10.1. The van der Waals surface area contributed by atoms with Crippen LogP contribution in [0.3, 0.4) is 0 Å². The minimum Gasteiger partial charge on any atom is -0.504 e. The van der Waals surface area contributed by atoms with E-state index in [0.29, 0.717) is 35.7 Å². The smallest absolute Gasteiger partial charge is 0.186 e. The van der Waals surface area contributed by atoms with Crippen molar-refractivity contribution in [3.63, 3.8) is 0 Å². The molecule has 1 fully saturated rings. The molecule has 35 heavy (non-hydrogen) atoms. The molecule has 5 N–H and O–H groups in total. The summed E-state index contributed by atoms with van der Waals surface area (Å²) in [6.45, 7) is 1.62. The summed E-state index contributed by atoms with van der Waals surface area (Å²) < 4.78 is 28.4. The van der Waals surface area contributed by atoms with Crippen LogP contribution in [-0.2, 0) is 15.9 Å². The second kappa shape index (κ2) is 11.0. The molecule has 0 spiro atoms. The van der Waals surface area contributed by atoms with Gasteiger partial charge in [0.25, 0.3) is 0 Å². The molecule has 4 rings (SSSR count). The van der Waals surface area contributed by atoms with Crippen LogP contribution < -0.4 is 14.2 Å². The Kier molecular flexibility index (Phi) is 8.00. The lowest BCUT2D eigenvalue weighted by atomic mass is 10.00. The van der Waals surface area contributed by atoms with Gasteiger partial charge in [-0.3, -0.25) is 0 Å². The third kappa shape index (κ3) is 5.48. The first-order chi connectivity index (χ1) is 16.8. The van der Waals surface area contributed by atoms with Gasteiger partial charge >= 0.3 is 0 Å². The second-order valence-electron chi connectivity index (χ2n) is 8.75. The fourth-order valence-corrected chi connectivity index (χ4v) is 4.25. The van der Waals surface area contributed by atoms with Gasteiger partial charge in [-0.2, -0.15) is 0 Å². The van der Waals surface area contributed by atoms with Gasteiger partial charge in [-0.25, -0.2) is 0 Å². The Morgan fingerprint density at radius 1 is 0.943 bits per heavy atom. The van der Waals surface area contributed by atoms with E-state index in [2.05, 4.69) is 0 Å². The molecule has 192 valence electrons. The van der Waals surface area contributed by atoms with E-state index in [-0.39, 0.29) is 19.0 Å². The van der Waals surface area contributed by atoms with Crippen LogP contribution in [0.15, 0.2) is 36.4 Å². The predicted octanol–water partition coefficient (Wildman–Crippen LogP) is 1.05. The molecule has 0 bridgehead atoms. The highest BCUT2D eigenvalue weighted by molar-refractivity contribution is 5.47. The number of ether oxygens (including phenoxy) is 5. The van der Waals surface area contributed by atoms with Crippen LogP contribution in [0.1, 0.15) is 30.6 Å². The fraction of sp³-hybridized carbons (Fsp3) is 0.520. The molecular formula is C25H32O10. The second-order valence-corrected chi connectivity index (χ2v) is 8.75. The lowest BCUT2D eigenvalue weighted by molar-refractivity contribution is -0.293. The van der Waals surface area contributed by atoms with Crippen molar-refractivity contribution in [3.8, 4) is 23.0 Å². The molecule has 2 aromatic carbocycles. The Morgan fingerprint density at radius 2 is 1.74 bits per heavy atom. The van der Waals surface area contributed by atoms with Gasteiger partial charge in [0.05, 0.1) is 26.4 Å². The van der Waals surface area contributed by atoms with E-state index in [4.69, 9.17) is 23.7 Å². The lowest BCUT2D eigenvalue weighted by Crippen LogP contribution is -2.57. The first-order valence-electron chi connectivity index (χ1n) is 11.6. The van der Waals surface area contributed by atoms with E-state index in [0.717, 1.165) is 5.56 Å². The minimum atomic E-state index is -1.33. The number of rotatable bonds is 8. The van der Waals surface area contributed by atoms with Crippen molar-refractivity contribution < 1.29 is 49.2 Å². The number of hydrogen-bond donors (Lipinski definition) is 5. The summed E-state index contributed by atoms with van der Waals surface area (Å²) in [5.74, 6) is 1.35. The Balaban J connectivity index is 1.38. The standard InChI is InChI=1S/C25H32O10/c1-13-21(28)22(29)23(30)25(33-13)32-9-3-4-14-5-8-17-19(10-14)35-24(20(12-26)34-17)15-6-7-16(27)18(11-15)31-2/h5-8,10-11,13,20-30H,3-4,9,12H2,1-2H3/t13-,20-,21-,22+,23+,24-,25+/m0/s1. The molecule has 2 heterocycles. The number of methoxy groups -OCH3 is 1. The molecule has 2 aliphatic heterocycles. The Morgan fingerprint density at radius 3 is 2.49 bits per heavy atom. The van der Waals surface area contributed by atoms with Crippen LogP contribution in [0.25, 0.3) is 0 Å². The van der Waals surface area contributed by atoms with Crippen LogP contribution in [0.4, 0.5) is 0 Å². The van der Waals surface area contributed by atoms with Crippen LogP contribution in [0.2, 0.25) is 0 Å². The number of aliphatic hydroxyl groups excluding tert-OH is 4. The van der Waals surface area contributed by atoms with Gasteiger partial charge in [0.15, 0.2) is 41.5 Å². The summed E-state index contributed by atoms with van der Waals surface area (Å²) in [6.07, 6.45) is -5.47. The number of hydrogen-bond acceptors (Lipinski definition) is 10. The van der Waals surface area contributed by atoms with Crippen LogP contribution in [-0.4, -0.2) is 82.7 Å². The number of phenolic OH excluding ortho intramolecular Hbond substituents is 1. The summed E-state index contributed by atoms with van der Waals surface area (Å²) in [6, 6.07) is 10.4. The molecule has 0 amide bonds. The quantitative estimate of drug-likeness (QED) is 0.339. The topological polar surface area (TPSA) is 147 Å². The van der Waals surface area contributed by atoms with E-state index in [1.165, 1.54) is 13.2 Å². The zero-order valence-electron chi connectivity index (χ0n) is 19.6. The number of aromatic hydroxyl groups is 1. The summed E-state index contributed by atoms with van der Waals surface area (Å²) in [5.41, 5.74) is 1.66. The molecular weight excluding hydrogens is 460 g/mol. The normalized spacial score (nSPS) is 30.2. The monoisotopic (exact) mass is 492 g/mol. The highest BCUT2D eigenvalue weighted by atomic mass is 16.7. The third-order valence-electron chi connectivity index (χ3n) is 6.29. The summed E-state index contributed by atoms with van der Waals surface area (Å²) in [7, 11) is 1.46.